The number of piperazine rings is 1. The molecule has 0 spiro atoms. The van der Waals surface area contributed by atoms with Gasteiger partial charge >= 0.3 is 0 Å². The second-order valence-corrected chi connectivity index (χ2v) is 7.46. The molecule has 22 heavy (non-hydrogen) atoms. The van der Waals surface area contributed by atoms with Crippen molar-refractivity contribution < 1.29 is 8.42 Å². The number of aromatic nitrogens is 2. The molecule has 1 aromatic carbocycles. The summed E-state index contributed by atoms with van der Waals surface area (Å²) in [5.41, 5.74) is 1.56. The molecule has 118 valence electrons. The Morgan fingerprint density at radius 2 is 1.95 bits per heavy atom. The molecule has 2 aromatic rings. The predicted octanol–water partition coefficient (Wildman–Crippen LogP) is 1.43. The van der Waals surface area contributed by atoms with Gasteiger partial charge in [0.05, 0.1) is 11.9 Å². The summed E-state index contributed by atoms with van der Waals surface area (Å²) in [6.07, 6.45) is 1.50. The molecule has 6 nitrogen and oxygen atoms in total. The van der Waals surface area contributed by atoms with Crippen LogP contribution in [0.1, 0.15) is 5.56 Å². The second-order valence-electron chi connectivity index (χ2n) is 5.17. The van der Waals surface area contributed by atoms with Crippen molar-refractivity contribution >= 4 is 21.6 Å². The van der Waals surface area contributed by atoms with Crippen LogP contribution in [0.5, 0.6) is 0 Å². The molecule has 0 atom stereocenters. The van der Waals surface area contributed by atoms with E-state index in [1.165, 1.54) is 21.3 Å². The lowest BCUT2D eigenvalue weighted by molar-refractivity contribution is 0.358. The first kappa shape index (κ1) is 15.5. The Morgan fingerprint density at radius 1 is 1.23 bits per heavy atom. The quantitative estimate of drug-likeness (QED) is 0.917. The molecule has 1 aromatic heterocycles. The summed E-state index contributed by atoms with van der Waals surface area (Å²) in [5, 5.41) is 8.14. The third-order valence-electron chi connectivity index (χ3n) is 3.67. The molecule has 2 heterocycles. The topological polar surface area (TPSA) is 67.2 Å². The van der Waals surface area contributed by atoms with Crippen LogP contribution in [0.4, 0.5) is 0 Å². The van der Waals surface area contributed by atoms with Crippen LogP contribution in [0.15, 0.2) is 35.5 Å². The van der Waals surface area contributed by atoms with Crippen molar-refractivity contribution in [3.05, 3.63) is 41.0 Å². The fourth-order valence-corrected chi connectivity index (χ4v) is 4.11. The average molecular weight is 341 g/mol. The Labute approximate surface area is 134 Å². The molecule has 8 heteroatoms. The zero-order chi connectivity index (χ0) is 15.7. The zero-order valence-corrected chi connectivity index (χ0v) is 13.7. The molecule has 1 fully saturated rings. The van der Waals surface area contributed by atoms with E-state index in [1.54, 1.807) is 12.1 Å². The molecular formula is C14H17ClN4O2S. The van der Waals surface area contributed by atoms with Crippen LogP contribution in [0.2, 0.25) is 5.02 Å². The fourth-order valence-electron chi connectivity index (χ4n) is 2.46. The van der Waals surface area contributed by atoms with E-state index in [-0.39, 0.29) is 5.03 Å². The summed E-state index contributed by atoms with van der Waals surface area (Å²) >= 11 is 6.03. The van der Waals surface area contributed by atoms with Gasteiger partial charge in [-0.2, -0.15) is 9.40 Å². The highest BCUT2D eigenvalue weighted by Crippen LogP contribution is 2.23. The molecule has 0 saturated carbocycles. The smallest absolute Gasteiger partial charge is 0.260 e. The third kappa shape index (κ3) is 2.77. The van der Waals surface area contributed by atoms with Gasteiger partial charge in [0.25, 0.3) is 10.0 Å². The Bertz CT molecular complexity index is 782. The van der Waals surface area contributed by atoms with Crippen molar-refractivity contribution in [3.63, 3.8) is 0 Å². The molecular weight excluding hydrogens is 324 g/mol. The lowest BCUT2D eigenvalue weighted by atomic mass is 10.2. The first-order valence-corrected chi connectivity index (χ1v) is 8.83. The molecule has 0 bridgehead atoms. The van der Waals surface area contributed by atoms with Crippen LogP contribution in [-0.2, 0) is 10.0 Å². The van der Waals surface area contributed by atoms with Gasteiger partial charge in [-0.1, -0.05) is 11.6 Å². The number of hydrogen-bond donors (Lipinski definition) is 1. The van der Waals surface area contributed by atoms with Gasteiger partial charge in [0.2, 0.25) is 0 Å². The largest absolute Gasteiger partial charge is 0.314 e. The number of rotatable bonds is 3. The van der Waals surface area contributed by atoms with Gasteiger partial charge < -0.3 is 5.32 Å². The van der Waals surface area contributed by atoms with Gasteiger partial charge in [0.1, 0.15) is 0 Å². The van der Waals surface area contributed by atoms with Gasteiger partial charge in [0.15, 0.2) is 5.03 Å². The maximum Gasteiger partial charge on any atom is 0.260 e. The third-order valence-corrected chi connectivity index (χ3v) is 5.98. The van der Waals surface area contributed by atoms with Crippen LogP contribution in [0, 0.1) is 6.92 Å². The van der Waals surface area contributed by atoms with Gasteiger partial charge in [-0.25, -0.2) is 13.1 Å². The SMILES string of the molecule is Cc1cc(-n2nccc2S(=O)(=O)N2CCNCC2)ccc1Cl. The molecule has 1 aliphatic rings. The van der Waals surface area contributed by atoms with Crippen LogP contribution in [0.25, 0.3) is 5.69 Å². The number of aryl methyl sites for hydroxylation is 1. The number of halogens is 1. The monoisotopic (exact) mass is 340 g/mol. The second kappa shape index (κ2) is 6.00. The molecule has 3 rings (SSSR count). The highest BCUT2D eigenvalue weighted by Gasteiger charge is 2.29. The minimum absolute atomic E-state index is 0.177. The molecule has 1 N–H and O–H groups in total. The number of nitrogens with one attached hydrogen (secondary N) is 1. The average Bonchev–Trinajstić information content (AvgIpc) is 3.01. The summed E-state index contributed by atoms with van der Waals surface area (Å²) in [5.74, 6) is 0. The van der Waals surface area contributed by atoms with Crippen molar-refractivity contribution in [3.8, 4) is 5.69 Å². The summed E-state index contributed by atoms with van der Waals surface area (Å²) < 4.78 is 28.5. The summed E-state index contributed by atoms with van der Waals surface area (Å²) in [4.78, 5) is 0. The Morgan fingerprint density at radius 3 is 2.64 bits per heavy atom. The highest BCUT2D eigenvalue weighted by molar-refractivity contribution is 7.89. The number of hydrogen-bond acceptors (Lipinski definition) is 4. The van der Waals surface area contributed by atoms with E-state index < -0.39 is 10.0 Å². The van der Waals surface area contributed by atoms with E-state index in [2.05, 4.69) is 10.4 Å². The Kier molecular flexibility index (Phi) is 4.22. The zero-order valence-electron chi connectivity index (χ0n) is 12.2. The first-order valence-electron chi connectivity index (χ1n) is 7.01. The van der Waals surface area contributed by atoms with Crippen molar-refractivity contribution in [1.82, 2.24) is 19.4 Å². The van der Waals surface area contributed by atoms with Crippen molar-refractivity contribution in [1.29, 1.82) is 0 Å². The van der Waals surface area contributed by atoms with Gasteiger partial charge in [-0.05, 0) is 36.8 Å². The number of nitrogens with zero attached hydrogens (tertiary/aromatic N) is 3. The van der Waals surface area contributed by atoms with E-state index in [0.29, 0.717) is 36.9 Å². The standard InChI is InChI=1S/C14H17ClN4O2S/c1-11-10-12(2-3-13(11)15)19-14(4-5-17-19)22(20,21)18-8-6-16-7-9-18/h2-5,10,16H,6-9H2,1H3. The minimum Gasteiger partial charge on any atom is -0.314 e. The molecule has 0 radical (unpaired) electrons. The summed E-state index contributed by atoms with van der Waals surface area (Å²) in [7, 11) is -3.56. The van der Waals surface area contributed by atoms with Crippen LogP contribution in [0.3, 0.4) is 0 Å². The highest BCUT2D eigenvalue weighted by atomic mass is 35.5. The molecule has 0 amide bonds. The van der Waals surface area contributed by atoms with Crippen molar-refractivity contribution in [2.45, 2.75) is 11.9 Å². The minimum atomic E-state index is -3.56. The van der Waals surface area contributed by atoms with E-state index in [4.69, 9.17) is 11.6 Å². The van der Waals surface area contributed by atoms with Crippen LogP contribution in [-0.4, -0.2) is 48.7 Å². The molecule has 0 aliphatic carbocycles. The predicted molar refractivity (Wildman–Crippen MR) is 84.9 cm³/mol. The van der Waals surface area contributed by atoms with Crippen molar-refractivity contribution in [2.75, 3.05) is 26.2 Å². The number of sulfonamides is 1. The van der Waals surface area contributed by atoms with E-state index >= 15 is 0 Å². The van der Waals surface area contributed by atoms with Crippen LogP contribution < -0.4 is 5.32 Å². The van der Waals surface area contributed by atoms with Crippen molar-refractivity contribution in [2.24, 2.45) is 0 Å². The van der Waals surface area contributed by atoms with Gasteiger partial charge in [-0.3, -0.25) is 0 Å². The van der Waals surface area contributed by atoms with E-state index in [9.17, 15) is 8.42 Å². The Hall–Kier alpha value is -1.41. The lowest BCUT2D eigenvalue weighted by Crippen LogP contribution is -2.46. The maximum atomic E-state index is 12.8. The Balaban J connectivity index is 2.02. The lowest BCUT2D eigenvalue weighted by Gasteiger charge is -2.26. The summed E-state index contributed by atoms with van der Waals surface area (Å²) in [6, 6.07) is 6.86. The molecule has 0 unspecified atom stereocenters. The van der Waals surface area contributed by atoms with Gasteiger partial charge in [0, 0.05) is 31.2 Å². The van der Waals surface area contributed by atoms with E-state index in [0.717, 1.165) is 5.56 Å². The van der Waals surface area contributed by atoms with Crippen LogP contribution >= 0.6 is 11.6 Å². The molecule has 1 aliphatic heterocycles. The maximum absolute atomic E-state index is 12.8. The number of benzene rings is 1. The normalized spacial score (nSPS) is 16.8. The summed E-state index contributed by atoms with van der Waals surface area (Å²) in [6.45, 7) is 4.13. The first-order chi connectivity index (χ1) is 10.5. The van der Waals surface area contributed by atoms with E-state index in [1.807, 2.05) is 13.0 Å². The van der Waals surface area contributed by atoms with Gasteiger partial charge in [-0.15, -0.1) is 0 Å². The fraction of sp³-hybridized carbons (Fsp3) is 0.357. The molecule has 1 saturated heterocycles.